The molecule has 0 amide bonds. The molecule has 0 aliphatic heterocycles. The van der Waals surface area contributed by atoms with E-state index < -0.39 is 11.7 Å². The van der Waals surface area contributed by atoms with Gasteiger partial charge in [-0.2, -0.15) is 13.2 Å². The van der Waals surface area contributed by atoms with Crippen LogP contribution in [-0.4, -0.2) is 7.11 Å². The third kappa shape index (κ3) is 2.80. The normalized spacial score (nSPS) is 12.0. The predicted molar refractivity (Wildman–Crippen MR) is 47.5 cm³/mol. The maximum atomic E-state index is 12.2. The first-order valence-corrected chi connectivity index (χ1v) is 3.90. The molecule has 0 unspecified atom stereocenters. The van der Waals surface area contributed by atoms with Gasteiger partial charge in [-0.05, 0) is 23.8 Å². The van der Waals surface area contributed by atoms with Crippen LogP contribution >= 0.6 is 0 Å². The Morgan fingerprint density at radius 2 is 2.00 bits per heavy atom. The molecule has 0 radical (unpaired) electrons. The van der Waals surface area contributed by atoms with Gasteiger partial charge in [-0.1, -0.05) is 12.1 Å². The van der Waals surface area contributed by atoms with Crippen molar-refractivity contribution >= 4 is 6.08 Å². The predicted octanol–water partition coefficient (Wildman–Crippen LogP) is 3.32. The SMILES string of the molecule is CO/C=C/c1cccc(C(F)(F)F)c1. The molecule has 14 heavy (non-hydrogen) atoms. The Bertz CT molecular complexity index is 328. The maximum absolute atomic E-state index is 12.2. The second-order valence-electron chi connectivity index (χ2n) is 2.66. The number of hydrogen-bond acceptors (Lipinski definition) is 1. The topological polar surface area (TPSA) is 9.23 Å². The summed E-state index contributed by atoms with van der Waals surface area (Å²) in [6.07, 6.45) is -1.50. The van der Waals surface area contributed by atoms with E-state index in [1.807, 2.05) is 0 Å². The Morgan fingerprint density at radius 3 is 2.57 bits per heavy atom. The molecule has 1 aromatic rings. The molecule has 0 saturated heterocycles. The summed E-state index contributed by atoms with van der Waals surface area (Å²) in [6.45, 7) is 0. The molecule has 0 spiro atoms. The number of rotatable bonds is 2. The molecule has 1 rings (SSSR count). The van der Waals surface area contributed by atoms with Crippen LogP contribution < -0.4 is 0 Å². The van der Waals surface area contributed by atoms with Crippen LogP contribution in [0, 0.1) is 0 Å². The molecule has 0 aliphatic carbocycles. The number of alkyl halides is 3. The van der Waals surface area contributed by atoms with Crippen LogP contribution in [0.15, 0.2) is 30.5 Å². The van der Waals surface area contributed by atoms with Gasteiger partial charge in [0.1, 0.15) is 0 Å². The molecular weight excluding hydrogens is 193 g/mol. The van der Waals surface area contributed by atoms with E-state index in [2.05, 4.69) is 4.74 Å². The Hall–Kier alpha value is -1.45. The highest BCUT2D eigenvalue weighted by molar-refractivity contribution is 5.49. The quantitative estimate of drug-likeness (QED) is 0.668. The maximum Gasteiger partial charge on any atom is 0.416 e. The molecule has 0 bridgehead atoms. The van der Waals surface area contributed by atoms with Crippen LogP contribution in [-0.2, 0) is 10.9 Å². The third-order valence-corrected chi connectivity index (χ3v) is 1.61. The van der Waals surface area contributed by atoms with Gasteiger partial charge < -0.3 is 4.74 Å². The first-order chi connectivity index (χ1) is 6.54. The molecule has 0 aromatic heterocycles. The van der Waals surface area contributed by atoms with Crippen LogP contribution in [0.5, 0.6) is 0 Å². The van der Waals surface area contributed by atoms with Crippen LogP contribution in [0.2, 0.25) is 0 Å². The molecule has 0 heterocycles. The lowest BCUT2D eigenvalue weighted by atomic mass is 10.1. The zero-order valence-electron chi connectivity index (χ0n) is 7.51. The smallest absolute Gasteiger partial charge is 0.416 e. The average Bonchev–Trinajstić information content (AvgIpc) is 2.14. The van der Waals surface area contributed by atoms with Gasteiger partial charge in [-0.3, -0.25) is 0 Å². The third-order valence-electron chi connectivity index (χ3n) is 1.61. The van der Waals surface area contributed by atoms with E-state index in [0.717, 1.165) is 12.1 Å². The number of methoxy groups -OCH3 is 1. The van der Waals surface area contributed by atoms with Crippen molar-refractivity contribution in [2.24, 2.45) is 0 Å². The lowest BCUT2D eigenvalue weighted by molar-refractivity contribution is -0.137. The van der Waals surface area contributed by atoms with Gasteiger partial charge in [0, 0.05) is 0 Å². The summed E-state index contributed by atoms with van der Waals surface area (Å²) in [7, 11) is 1.43. The molecule has 0 saturated carbocycles. The van der Waals surface area contributed by atoms with E-state index >= 15 is 0 Å². The van der Waals surface area contributed by atoms with Gasteiger partial charge in [-0.25, -0.2) is 0 Å². The first-order valence-electron chi connectivity index (χ1n) is 3.90. The minimum absolute atomic E-state index is 0.460. The fourth-order valence-corrected chi connectivity index (χ4v) is 0.965. The lowest BCUT2D eigenvalue weighted by Crippen LogP contribution is -2.04. The van der Waals surface area contributed by atoms with E-state index in [1.54, 1.807) is 6.07 Å². The minimum Gasteiger partial charge on any atom is -0.504 e. The van der Waals surface area contributed by atoms with Gasteiger partial charge in [0.15, 0.2) is 0 Å². The van der Waals surface area contributed by atoms with Crippen LogP contribution in [0.4, 0.5) is 13.2 Å². The van der Waals surface area contributed by atoms with Gasteiger partial charge in [0.2, 0.25) is 0 Å². The van der Waals surface area contributed by atoms with Crippen molar-refractivity contribution in [1.82, 2.24) is 0 Å². The number of hydrogen-bond donors (Lipinski definition) is 0. The Kier molecular flexibility index (Phi) is 3.17. The molecule has 0 aliphatic rings. The zero-order chi connectivity index (χ0) is 10.6. The number of halogens is 3. The average molecular weight is 202 g/mol. The second kappa shape index (κ2) is 4.17. The fraction of sp³-hybridized carbons (Fsp3) is 0.200. The highest BCUT2D eigenvalue weighted by atomic mass is 19.4. The monoisotopic (exact) mass is 202 g/mol. The summed E-state index contributed by atoms with van der Waals surface area (Å²) < 4.78 is 41.3. The van der Waals surface area contributed by atoms with Crippen molar-refractivity contribution in [1.29, 1.82) is 0 Å². The van der Waals surface area contributed by atoms with E-state index in [1.165, 1.54) is 25.5 Å². The summed E-state index contributed by atoms with van der Waals surface area (Å²) in [6, 6.07) is 5.03. The van der Waals surface area contributed by atoms with Gasteiger partial charge >= 0.3 is 6.18 Å². The molecule has 76 valence electrons. The van der Waals surface area contributed by atoms with E-state index in [-0.39, 0.29) is 0 Å². The molecule has 0 N–H and O–H groups in total. The van der Waals surface area contributed by atoms with E-state index in [0.29, 0.717) is 5.56 Å². The summed E-state index contributed by atoms with van der Waals surface area (Å²) in [4.78, 5) is 0. The zero-order valence-corrected chi connectivity index (χ0v) is 7.51. The lowest BCUT2D eigenvalue weighted by Gasteiger charge is -2.06. The van der Waals surface area contributed by atoms with Crippen molar-refractivity contribution in [2.45, 2.75) is 6.18 Å². The molecule has 0 fully saturated rings. The highest BCUT2D eigenvalue weighted by Gasteiger charge is 2.30. The largest absolute Gasteiger partial charge is 0.504 e. The second-order valence-corrected chi connectivity index (χ2v) is 2.66. The summed E-state index contributed by atoms with van der Waals surface area (Å²) >= 11 is 0. The van der Waals surface area contributed by atoms with E-state index in [9.17, 15) is 13.2 Å². The molecule has 1 aromatic carbocycles. The van der Waals surface area contributed by atoms with Crippen LogP contribution in [0.1, 0.15) is 11.1 Å². The Morgan fingerprint density at radius 1 is 1.29 bits per heavy atom. The molecule has 4 heteroatoms. The number of benzene rings is 1. The van der Waals surface area contributed by atoms with Crippen LogP contribution in [0.25, 0.3) is 6.08 Å². The summed E-state index contributed by atoms with van der Waals surface area (Å²) in [5, 5.41) is 0. The summed E-state index contributed by atoms with van der Waals surface area (Å²) in [5.41, 5.74) is -0.197. The standard InChI is InChI=1S/C10H9F3O/c1-14-6-5-8-3-2-4-9(7-8)10(11,12)13/h2-7H,1H3/b6-5+. The fourth-order valence-electron chi connectivity index (χ4n) is 0.965. The van der Waals surface area contributed by atoms with Crippen molar-refractivity contribution in [3.8, 4) is 0 Å². The van der Waals surface area contributed by atoms with Gasteiger partial charge in [-0.15, -0.1) is 0 Å². The molecular formula is C10H9F3O. The van der Waals surface area contributed by atoms with Crippen molar-refractivity contribution in [2.75, 3.05) is 7.11 Å². The van der Waals surface area contributed by atoms with Gasteiger partial charge in [0.05, 0.1) is 18.9 Å². The Balaban J connectivity index is 2.96. The number of ether oxygens (including phenoxy) is 1. The minimum atomic E-state index is -4.29. The van der Waals surface area contributed by atoms with Crippen LogP contribution in [0.3, 0.4) is 0 Å². The Labute approximate surface area is 79.8 Å². The first kappa shape index (κ1) is 10.6. The van der Waals surface area contributed by atoms with Gasteiger partial charge in [0.25, 0.3) is 0 Å². The molecule has 1 nitrogen and oxygen atoms in total. The highest BCUT2D eigenvalue weighted by Crippen LogP contribution is 2.29. The molecule has 0 atom stereocenters. The summed E-state index contributed by atoms with van der Waals surface area (Å²) in [5.74, 6) is 0. The van der Waals surface area contributed by atoms with E-state index in [4.69, 9.17) is 0 Å². The van der Waals surface area contributed by atoms with Crippen molar-refractivity contribution in [3.63, 3.8) is 0 Å². The van der Waals surface area contributed by atoms with Crippen molar-refractivity contribution in [3.05, 3.63) is 41.7 Å². The van der Waals surface area contributed by atoms with Crippen molar-refractivity contribution < 1.29 is 17.9 Å².